The van der Waals surface area contributed by atoms with Gasteiger partial charge in [0.05, 0.1) is 41.4 Å². The molecule has 0 radical (unpaired) electrons. The lowest BCUT2D eigenvalue weighted by molar-refractivity contribution is 0.0750. The molecule has 0 atom stereocenters. The fraction of sp³-hybridized carbons (Fsp3) is 0.286. The Morgan fingerprint density at radius 1 is 1.04 bits per heavy atom. The second-order valence-corrected chi connectivity index (χ2v) is 7.13. The molecule has 0 bridgehead atoms. The van der Waals surface area contributed by atoms with Gasteiger partial charge >= 0.3 is 0 Å². The van der Waals surface area contributed by atoms with E-state index >= 15 is 0 Å². The molecule has 1 amide bonds. The van der Waals surface area contributed by atoms with Gasteiger partial charge in [0.25, 0.3) is 11.5 Å². The number of aromatic nitrogens is 4. The van der Waals surface area contributed by atoms with Gasteiger partial charge in [0.2, 0.25) is 0 Å². The lowest BCUT2D eigenvalue weighted by atomic mass is 10.1. The summed E-state index contributed by atoms with van der Waals surface area (Å²) in [6.07, 6.45) is 1.74. The lowest BCUT2D eigenvalue weighted by Crippen LogP contribution is -2.27. The predicted molar refractivity (Wildman–Crippen MR) is 105 cm³/mol. The first-order valence-electron chi connectivity index (χ1n) is 9.10. The normalized spacial score (nSPS) is 12.9. The monoisotopic (exact) mass is 375 g/mol. The number of carbonyl (C=O) groups is 1. The molecule has 0 N–H and O–H groups in total. The largest absolute Gasteiger partial charge is 0.328 e. The number of nitrogens with zero attached hydrogens (tertiary/aromatic N) is 5. The zero-order valence-electron chi connectivity index (χ0n) is 16.4. The maximum Gasteiger partial charge on any atom is 0.258 e. The Balaban J connectivity index is 1.59. The predicted octanol–water partition coefficient (Wildman–Crippen LogP) is 2.32. The van der Waals surface area contributed by atoms with E-state index < -0.39 is 0 Å². The van der Waals surface area contributed by atoms with Crippen molar-refractivity contribution in [2.24, 2.45) is 7.05 Å². The minimum atomic E-state index is -0.115. The summed E-state index contributed by atoms with van der Waals surface area (Å²) in [5.41, 5.74) is 5.21. The summed E-state index contributed by atoms with van der Waals surface area (Å²) in [4.78, 5) is 40.4. The third-order valence-corrected chi connectivity index (χ3v) is 5.15. The maximum absolute atomic E-state index is 12.9. The van der Waals surface area contributed by atoms with Gasteiger partial charge in [-0.2, -0.15) is 0 Å². The number of amides is 1. The van der Waals surface area contributed by atoms with Crippen molar-refractivity contribution in [3.8, 4) is 11.3 Å². The molecule has 1 aliphatic rings. The summed E-state index contributed by atoms with van der Waals surface area (Å²) in [6.45, 7) is 6.26. The quantitative estimate of drug-likeness (QED) is 0.687. The Kier molecular flexibility index (Phi) is 4.30. The smallest absolute Gasteiger partial charge is 0.258 e. The van der Waals surface area contributed by atoms with Crippen LogP contribution < -0.4 is 5.56 Å². The van der Waals surface area contributed by atoms with Gasteiger partial charge in [-0.15, -0.1) is 0 Å². The van der Waals surface area contributed by atoms with E-state index in [1.807, 2.05) is 26.0 Å². The van der Waals surface area contributed by atoms with Crippen molar-refractivity contribution in [3.63, 3.8) is 0 Å². The summed E-state index contributed by atoms with van der Waals surface area (Å²) in [6, 6.07) is 7.35. The standard InChI is InChI=1S/C21H21N5O2/c1-12-9-22-13(2)19(23-12)15-5-7-16(8-6-15)20(27)26-10-17-18(11-26)24-14(3)25(4)21(17)28/h5-9H,10-11H2,1-4H3. The molecule has 1 aliphatic heterocycles. The minimum Gasteiger partial charge on any atom is -0.328 e. The highest BCUT2D eigenvalue weighted by Gasteiger charge is 2.28. The number of hydrogen-bond acceptors (Lipinski definition) is 5. The van der Waals surface area contributed by atoms with Crippen LogP contribution in [0.1, 0.15) is 38.8 Å². The topological polar surface area (TPSA) is 81.0 Å². The van der Waals surface area contributed by atoms with Crippen molar-refractivity contribution in [1.29, 1.82) is 0 Å². The highest BCUT2D eigenvalue weighted by molar-refractivity contribution is 5.95. The van der Waals surface area contributed by atoms with Crippen molar-refractivity contribution in [3.05, 3.63) is 74.8 Å². The van der Waals surface area contributed by atoms with E-state index in [1.165, 1.54) is 4.57 Å². The fourth-order valence-electron chi connectivity index (χ4n) is 3.44. The third kappa shape index (κ3) is 2.98. The maximum atomic E-state index is 12.9. The Hall–Kier alpha value is -3.35. The molecule has 142 valence electrons. The van der Waals surface area contributed by atoms with Crippen LogP contribution in [-0.2, 0) is 20.1 Å². The van der Waals surface area contributed by atoms with Crippen LogP contribution >= 0.6 is 0 Å². The van der Waals surface area contributed by atoms with Crippen LogP contribution in [0.5, 0.6) is 0 Å². The molecule has 2 aromatic heterocycles. The molecular weight excluding hydrogens is 354 g/mol. The van der Waals surface area contributed by atoms with E-state index in [0.717, 1.165) is 22.6 Å². The van der Waals surface area contributed by atoms with Gasteiger partial charge in [-0.25, -0.2) is 9.97 Å². The van der Waals surface area contributed by atoms with E-state index in [4.69, 9.17) is 0 Å². The molecule has 3 aromatic rings. The van der Waals surface area contributed by atoms with E-state index in [-0.39, 0.29) is 11.5 Å². The van der Waals surface area contributed by atoms with Crippen molar-refractivity contribution >= 4 is 5.91 Å². The van der Waals surface area contributed by atoms with Gasteiger partial charge in [0.15, 0.2) is 0 Å². The number of carbonyl (C=O) groups excluding carboxylic acids is 1. The van der Waals surface area contributed by atoms with Gasteiger partial charge in [-0.05, 0) is 32.9 Å². The highest BCUT2D eigenvalue weighted by Crippen LogP contribution is 2.24. The molecule has 4 rings (SSSR count). The summed E-state index contributed by atoms with van der Waals surface area (Å²) in [5.74, 6) is 0.536. The van der Waals surface area contributed by atoms with Crippen LogP contribution in [0.2, 0.25) is 0 Å². The van der Waals surface area contributed by atoms with Crippen LogP contribution in [0, 0.1) is 20.8 Å². The Bertz CT molecular complexity index is 1150. The Labute approximate surface area is 162 Å². The molecule has 7 heteroatoms. The molecule has 0 fully saturated rings. The van der Waals surface area contributed by atoms with Gasteiger partial charge in [-0.1, -0.05) is 12.1 Å². The highest BCUT2D eigenvalue weighted by atomic mass is 16.2. The van der Waals surface area contributed by atoms with Crippen LogP contribution in [0.15, 0.2) is 35.3 Å². The van der Waals surface area contributed by atoms with Crippen LogP contribution in [0.4, 0.5) is 0 Å². The summed E-state index contributed by atoms with van der Waals surface area (Å²) in [5, 5.41) is 0. The van der Waals surface area contributed by atoms with Crippen molar-refractivity contribution in [2.45, 2.75) is 33.9 Å². The van der Waals surface area contributed by atoms with E-state index in [9.17, 15) is 9.59 Å². The molecular formula is C21H21N5O2. The summed E-state index contributed by atoms with van der Waals surface area (Å²) < 4.78 is 1.52. The first-order valence-corrected chi connectivity index (χ1v) is 9.10. The summed E-state index contributed by atoms with van der Waals surface area (Å²) >= 11 is 0. The zero-order chi connectivity index (χ0) is 20.0. The van der Waals surface area contributed by atoms with Crippen molar-refractivity contribution in [2.75, 3.05) is 0 Å². The number of aryl methyl sites for hydroxylation is 3. The summed E-state index contributed by atoms with van der Waals surface area (Å²) in [7, 11) is 1.70. The Morgan fingerprint density at radius 2 is 1.75 bits per heavy atom. The average molecular weight is 375 g/mol. The fourth-order valence-corrected chi connectivity index (χ4v) is 3.44. The van der Waals surface area contributed by atoms with Crippen molar-refractivity contribution in [1.82, 2.24) is 24.4 Å². The SMILES string of the molecule is Cc1cnc(C)c(-c2ccc(C(=O)N3Cc4nc(C)n(C)c(=O)c4C3)cc2)n1. The molecule has 3 heterocycles. The van der Waals surface area contributed by atoms with Crippen molar-refractivity contribution < 1.29 is 4.79 Å². The number of hydrogen-bond donors (Lipinski definition) is 0. The second kappa shape index (κ2) is 6.67. The van der Waals surface area contributed by atoms with Crippen LogP contribution in [0.25, 0.3) is 11.3 Å². The van der Waals surface area contributed by atoms with E-state index in [2.05, 4.69) is 15.0 Å². The van der Waals surface area contributed by atoms with Crippen LogP contribution in [-0.4, -0.2) is 30.3 Å². The Morgan fingerprint density at radius 3 is 2.46 bits per heavy atom. The molecule has 7 nitrogen and oxygen atoms in total. The molecule has 0 spiro atoms. The van der Waals surface area contributed by atoms with Gasteiger partial charge in [0, 0.05) is 24.4 Å². The molecule has 0 unspecified atom stereocenters. The van der Waals surface area contributed by atoms with Gasteiger partial charge in [0.1, 0.15) is 5.82 Å². The molecule has 1 aromatic carbocycles. The lowest BCUT2D eigenvalue weighted by Gasteiger charge is -2.15. The van der Waals surface area contributed by atoms with Gasteiger partial charge < -0.3 is 4.90 Å². The second-order valence-electron chi connectivity index (χ2n) is 7.13. The van der Waals surface area contributed by atoms with E-state index in [0.29, 0.717) is 35.7 Å². The number of fused-ring (bicyclic) bond motifs is 1. The molecule has 0 saturated carbocycles. The average Bonchev–Trinajstić information content (AvgIpc) is 3.12. The number of rotatable bonds is 2. The number of benzene rings is 1. The van der Waals surface area contributed by atoms with Crippen LogP contribution in [0.3, 0.4) is 0 Å². The first kappa shape index (κ1) is 18.0. The third-order valence-electron chi connectivity index (χ3n) is 5.15. The zero-order valence-corrected chi connectivity index (χ0v) is 16.4. The van der Waals surface area contributed by atoms with Gasteiger partial charge in [-0.3, -0.25) is 19.1 Å². The van der Waals surface area contributed by atoms with E-state index in [1.54, 1.807) is 37.2 Å². The molecule has 0 saturated heterocycles. The first-order chi connectivity index (χ1) is 13.3. The molecule has 0 aliphatic carbocycles. The minimum absolute atomic E-state index is 0.0818. The molecule has 28 heavy (non-hydrogen) atoms.